The van der Waals surface area contributed by atoms with Crippen LogP contribution in [-0.4, -0.2) is 27.9 Å². The van der Waals surface area contributed by atoms with Gasteiger partial charge >= 0.3 is 6.03 Å². The molecular weight excluding hydrogens is 280 g/mol. The van der Waals surface area contributed by atoms with Crippen LogP contribution < -0.4 is 10.6 Å². The highest BCUT2D eigenvalue weighted by molar-refractivity contribution is 5.73. The minimum absolute atomic E-state index is 0.165. The first-order valence-corrected chi connectivity index (χ1v) is 7.24. The predicted octanol–water partition coefficient (Wildman–Crippen LogP) is 1.87. The zero-order valence-electron chi connectivity index (χ0n) is 13.1. The van der Waals surface area contributed by atoms with E-state index in [1.165, 1.54) is 0 Å². The van der Waals surface area contributed by atoms with Crippen LogP contribution in [0.5, 0.6) is 0 Å². The van der Waals surface area contributed by atoms with Crippen LogP contribution in [0.25, 0.3) is 0 Å². The summed E-state index contributed by atoms with van der Waals surface area (Å²) in [6.45, 7) is 6.33. The van der Waals surface area contributed by atoms with Crippen molar-refractivity contribution in [1.82, 2.24) is 20.8 Å². The van der Waals surface area contributed by atoms with Crippen LogP contribution in [0.1, 0.15) is 34.2 Å². The average Bonchev–Trinajstić information content (AvgIpc) is 2.81. The van der Waals surface area contributed by atoms with Crippen molar-refractivity contribution in [1.29, 1.82) is 0 Å². The Balaban J connectivity index is 1.80. The Morgan fingerprint density at radius 2 is 2.09 bits per heavy atom. The van der Waals surface area contributed by atoms with E-state index in [0.717, 1.165) is 28.1 Å². The fourth-order valence-electron chi connectivity index (χ4n) is 2.25. The third-order valence-electron chi connectivity index (χ3n) is 3.59. The van der Waals surface area contributed by atoms with Crippen molar-refractivity contribution in [3.63, 3.8) is 0 Å². The molecule has 1 atom stereocenters. The van der Waals surface area contributed by atoms with Gasteiger partial charge in [-0.05, 0) is 26.3 Å². The highest BCUT2D eigenvalue weighted by Crippen LogP contribution is 2.13. The van der Waals surface area contributed by atoms with E-state index in [2.05, 4.69) is 20.8 Å². The summed E-state index contributed by atoms with van der Waals surface area (Å²) >= 11 is 0. The Bertz CT molecular complexity index is 632. The van der Waals surface area contributed by atoms with Gasteiger partial charge in [-0.15, -0.1) is 0 Å². The normalized spacial score (nSPS) is 12.0. The number of benzene rings is 1. The smallest absolute Gasteiger partial charge is 0.315 e. The minimum Gasteiger partial charge on any atom is -0.387 e. The van der Waals surface area contributed by atoms with Crippen molar-refractivity contribution in [2.75, 3.05) is 6.54 Å². The van der Waals surface area contributed by atoms with Gasteiger partial charge in [-0.1, -0.05) is 29.8 Å². The first-order valence-electron chi connectivity index (χ1n) is 7.24. The van der Waals surface area contributed by atoms with E-state index in [0.29, 0.717) is 6.54 Å². The number of aromatic nitrogens is 2. The molecule has 2 rings (SSSR count). The van der Waals surface area contributed by atoms with Gasteiger partial charge in [0.15, 0.2) is 0 Å². The maximum absolute atomic E-state index is 11.8. The standard InChI is InChI=1S/C16H22N4O2/c1-10-5-4-6-13(7-10)15(21)9-18-16(22)17-8-14-11(2)19-20-12(14)3/h4-7,15,21H,8-9H2,1-3H3,(H,19,20)(H2,17,18,22). The summed E-state index contributed by atoms with van der Waals surface area (Å²) < 4.78 is 0. The van der Waals surface area contributed by atoms with Crippen LogP contribution in [0.2, 0.25) is 0 Å². The second-order valence-corrected chi connectivity index (χ2v) is 5.41. The number of rotatable bonds is 5. The molecule has 118 valence electrons. The monoisotopic (exact) mass is 302 g/mol. The summed E-state index contributed by atoms with van der Waals surface area (Å²) in [6, 6.07) is 7.29. The molecule has 4 N–H and O–H groups in total. The van der Waals surface area contributed by atoms with Gasteiger partial charge in [0, 0.05) is 24.3 Å². The summed E-state index contributed by atoms with van der Waals surface area (Å²) in [5.41, 5.74) is 4.67. The first kappa shape index (κ1) is 16.0. The molecular formula is C16H22N4O2. The summed E-state index contributed by atoms with van der Waals surface area (Å²) in [5.74, 6) is 0. The number of carbonyl (C=O) groups excluding carboxylic acids is 1. The quantitative estimate of drug-likeness (QED) is 0.679. The molecule has 0 saturated carbocycles. The second-order valence-electron chi connectivity index (χ2n) is 5.41. The number of hydrogen-bond donors (Lipinski definition) is 4. The number of aromatic amines is 1. The number of amides is 2. The molecule has 1 heterocycles. The van der Waals surface area contributed by atoms with Gasteiger partial charge in [-0.25, -0.2) is 4.79 Å². The molecule has 2 aromatic rings. The lowest BCUT2D eigenvalue weighted by atomic mass is 10.1. The highest BCUT2D eigenvalue weighted by Gasteiger charge is 2.11. The van der Waals surface area contributed by atoms with Crippen LogP contribution in [0.4, 0.5) is 4.79 Å². The molecule has 0 bridgehead atoms. The lowest BCUT2D eigenvalue weighted by Crippen LogP contribution is -2.37. The van der Waals surface area contributed by atoms with Crippen LogP contribution in [0, 0.1) is 20.8 Å². The summed E-state index contributed by atoms with van der Waals surface area (Å²) in [7, 11) is 0. The summed E-state index contributed by atoms with van der Waals surface area (Å²) in [5, 5.41) is 22.5. The molecule has 1 aromatic carbocycles. The van der Waals surface area contributed by atoms with Crippen LogP contribution >= 0.6 is 0 Å². The second kappa shape index (κ2) is 7.09. The molecule has 1 unspecified atom stereocenters. The van der Waals surface area contributed by atoms with E-state index >= 15 is 0 Å². The molecule has 0 aliphatic heterocycles. The Kier molecular flexibility index (Phi) is 5.16. The van der Waals surface area contributed by atoms with E-state index in [9.17, 15) is 9.90 Å². The number of aliphatic hydroxyl groups excluding tert-OH is 1. The van der Waals surface area contributed by atoms with Crippen molar-refractivity contribution in [2.24, 2.45) is 0 Å². The fraction of sp³-hybridized carbons (Fsp3) is 0.375. The number of hydrogen-bond acceptors (Lipinski definition) is 3. The van der Waals surface area contributed by atoms with Crippen LogP contribution in [0.15, 0.2) is 24.3 Å². The van der Waals surface area contributed by atoms with Crippen LogP contribution in [0.3, 0.4) is 0 Å². The van der Waals surface area contributed by atoms with Crippen molar-refractivity contribution in [2.45, 2.75) is 33.4 Å². The predicted molar refractivity (Wildman–Crippen MR) is 84.4 cm³/mol. The Labute approximate surface area is 129 Å². The van der Waals surface area contributed by atoms with E-state index in [1.807, 2.05) is 45.0 Å². The number of nitrogens with zero attached hydrogens (tertiary/aromatic N) is 1. The van der Waals surface area contributed by atoms with Gasteiger partial charge in [0.05, 0.1) is 11.8 Å². The molecule has 6 heteroatoms. The van der Waals surface area contributed by atoms with Crippen molar-refractivity contribution < 1.29 is 9.90 Å². The number of aryl methyl sites for hydroxylation is 3. The van der Waals surface area contributed by atoms with E-state index in [-0.39, 0.29) is 12.6 Å². The summed E-state index contributed by atoms with van der Waals surface area (Å²) in [4.78, 5) is 11.8. The third kappa shape index (κ3) is 4.08. The number of aliphatic hydroxyl groups is 1. The van der Waals surface area contributed by atoms with Gasteiger partial charge in [0.1, 0.15) is 0 Å². The molecule has 2 amide bonds. The maximum atomic E-state index is 11.8. The lowest BCUT2D eigenvalue weighted by Gasteiger charge is -2.13. The number of carbonyl (C=O) groups is 1. The topological polar surface area (TPSA) is 90.0 Å². The average molecular weight is 302 g/mol. The van der Waals surface area contributed by atoms with Gasteiger partial charge in [0.25, 0.3) is 0 Å². The minimum atomic E-state index is -0.719. The number of urea groups is 1. The van der Waals surface area contributed by atoms with Gasteiger partial charge in [-0.3, -0.25) is 5.10 Å². The zero-order valence-corrected chi connectivity index (χ0v) is 13.1. The molecule has 0 aliphatic rings. The van der Waals surface area contributed by atoms with E-state index < -0.39 is 6.10 Å². The van der Waals surface area contributed by atoms with Crippen molar-refractivity contribution in [3.05, 3.63) is 52.3 Å². The SMILES string of the molecule is Cc1cccc(C(O)CNC(=O)NCc2c(C)n[nH]c2C)c1. The molecule has 1 aromatic heterocycles. The molecule has 0 radical (unpaired) electrons. The highest BCUT2D eigenvalue weighted by atomic mass is 16.3. The van der Waals surface area contributed by atoms with E-state index in [4.69, 9.17) is 0 Å². The Morgan fingerprint density at radius 1 is 1.32 bits per heavy atom. The number of H-pyrrole nitrogens is 1. The molecule has 0 fully saturated rings. The molecule has 0 aliphatic carbocycles. The third-order valence-corrected chi connectivity index (χ3v) is 3.59. The van der Waals surface area contributed by atoms with Gasteiger partial charge < -0.3 is 15.7 Å². The molecule has 6 nitrogen and oxygen atoms in total. The first-order chi connectivity index (χ1) is 10.5. The fourth-order valence-corrected chi connectivity index (χ4v) is 2.25. The van der Waals surface area contributed by atoms with E-state index in [1.54, 1.807) is 0 Å². The zero-order chi connectivity index (χ0) is 16.1. The Hall–Kier alpha value is -2.34. The van der Waals surface area contributed by atoms with Gasteiger partial charge in [0.2, 0.25) is 0 Å². The van der Waals surface area contributed by atoms with Crippen molar-refractivity contribution in [3.8, 4) is 0 Å². The van der Waals surface area contributed by atoms with Crippen molar-refractivity contribution >= 4 is 6.03 Å². The van der Waals surface area contributed by atoms with Crippen LogP contribution in [-0.2, 0) is 6.54 Å². The Morgan fingerprint density at radius 3 is 2.73 bits per heavy atom. The molecule has 0 saturated heterocycles. The maximum Gasteiger partial charge on any atom is 0.315 e. The lowest BCUT2D eigenvalue weighted by molar-refractivity contribution is 0.173. The molecule has 0 spiro atoms. The molecule has 22 heavy (non-hydrogen) atoms. The number of nitrogens with one attached hydrogen (secondary N) is 3. The summed E-state index contributed by atoms with van der Waals surface area (Å²) in [6.07, 6.45) is -0.719. The largest absolute Gasteiger partial charge is 0.387 e. The van der Waals surface area contributed by atoms with Gasteiger partial charge in [-0.2, -0.15) is 5.10 Å².